The summed E-state index contributed by atoms with van der Waals surface area (Å²) in [7, 11) is 0. The van der Waals surface area contributed by atoms with Gasteiger partial charge in [0.25, 0.3) is 5.91 Å². The van der Waals surface area contributed by atoms with Crippen molar-refractivity contribution in [2.75, 3.05) is 38.2 Å². The molecule has 218 valence electrons. The highest BCUT2D eigenvalue weighted by Gasteiger charge is 2.31. The summed E-state index contributed by atoms with van der Waals surface area (Å²) in [6.07, 6.45) is 4.01. The summed E-state index contributed by atoms with van der Waals surface area (Å²) in [4.78, 5) is 35.1. The van der Waals surface area contributed by atoms with Gasteiger partial charge in [-0.2, -0.15) is 0 Å². The summed E-state index contributed by atoms with van der Waals surface area (Å²) in [5, 5.41) is 7.12. The zero-order valence-electron chi connectivity index (χ0n) is 23.8. The topological polar surface area (TPSA) is 118 Å². The van der Waals surface area contributed by atoms with Gasteiger partial charge < -0.3 is 34.7 Å². The molecule has 1 aromatic carbocycles. The Hall–Kier alpha value is -3.76. The van der Waals surface area contributed by atoms with Crippen molar-refractivity contribution in [1.29, 1.82) is 0 Å². The third-order valence-electron chi connectivity index (χ3n) is 6.97. The van der Waals surface area contributed by atoms with E-state index in [0.29, 0.717) is 60.4 Å². The molecule has 0 unspecified atom stereocenters. The first-order valence-corrected chi connectivity index (χ1v) is 14.3. The average molecular weight is 582 g/mol. The van der Waals surface area contributed by atoms with E-state index in [0.717, 1.165) is 28.9 Å². The first-order valence-electron chi connectivity index (χ1n) is 13.9. The lowest BCUT2D eigenvalue weighted by molar-refractivity contribution is -0.0556. The Morgan fingerprint density at radius 3 is 2.90 bits per heavy atom. The Morgan fingerprint density at radius 2 is 2.12 bits per heavy atom. The van der Waals surface area contributed by atoms with E-state index in [-0.39, 0.29) is 24.7 Å². The number of morpholine rings is 1. The largest absolute Gasteiger partial charge is 0.488 e. The summed E-state index contributed by atoms with van der Waals surface area (Å²) in [5.74, 6) is 0.375. The normalized spacial score (nSPS) is 17.0. The Kier molecular flexibility index (Phi) is 8.42. The van der Waals surface area contributed by atoms with Crippen LogP contribution in [0.2, 0.25) is 5.02 Å². The number of rotatable bonds is 7. The molecule has 1 fully saturated rings. The number of aromatic nitrogens is 2. The number of nitrogens with zero attached hydrogens (tertiary/aromatic N) is 2. The zero-order valence-corrected chi connectivity index (χ0v) is 24.6. The van der Waals surface area contributed by atoms with Gasteiger partial charge in [-0.15, -0.1) is 0 Å². The lowest BCUT2D eigenvalue weighted by atomic mass is 10.0. The van der Waals surface area contributed by atoms with Gasteiger partial charge in [0.15, 0.2) is 0 Å². The van der Waals surface area contributed by atoms with Crippen molar-refractivity contribution < 1.29 is 23.8 Å². The van der Waals surface area contributed by atoms with Crippen LogP contribution in [-0.2, 0) is 22.3 Å². The number of benzene rings is 1. The third kappa shape index (κ3) is 6.44. The molecule has 0 aliphatic carbocycles. The van der Waals surface area contributed by atoms with Gasteiger partial charge >= 0.3 is 6.09 Å². The number of pyridine rings is 1. The second-order valence-electron chi connectivity index (χ2n) is 11.1. The van der Waals surface area contributed by atoms with Gasteiger partial charge in [0, 0.05) is 47.7 Å². The molecule has 3 aromatic rings. The van der Waals surface area contributed by atoms with Crippen molar-refractivity contribution >= 4 is 35.0 Å². The fourth-order valence-electron chi connectivity index (χ4n) is 5.07. The smallest absolute Gasteiger partial charge is 0.410 e. The van der Waals surface area contributed by atoms with Crippen LogP contribution >= 0.6 is 11.6 Å². The van der Waals surface area contributed by atoms with E-state index < -0.39 is 5.60 Å². The zero-order chi connectivity index (χ0) is 29.1. The van der Waals surface area contributed by atoms with Crippen LogP contribution in [0.4, 0.5) is 16.2 Å². The minimum Gasteiger partial charge on any atom is -0.488 e. The number of carbonyl (C=O) groups is 2. The molecule has 0 radical (unpaired) electrons. The molecule has 2 aliphatic rings. The van der Waals surface area contributed by atoms with E-state index in [1.807, 2.05) is 52.0 Å². The van der Waals surface area contributed by atoms with Gasteiger partial charge in [-0.25, -0.2) is 4.79 Å². The van der Waals surface area contributed by atoms with E-state index in [1.54, 1.807) is 17.3 Å². The van der Waals surface area contributed by atoms with Crippen molar-refractivity contribution in [2.45, 2.75) is 52.2 Å². The maximum absolute atomic E-state index is 13.1. The minimum absolute atomic E-state index is 0.148. The number of anilines is 2. The van der Waals surface area contributed by atoms with Crippen LogP contribution in [0.15, 0.2) is 36.7 Å². The Morgan fingerprint density at radius 1 is 1.29 bits per heavy atom. The van der Waals surface area contributed by atoms with Crippen molar-refractivity contribution in [2.24, 2.45) is 0 Å². The maximum Gasteiger partial charge on any atom is 0.410 e. The number of halogens is 1. The number of ether oxygens (including phenoxy) is 3. The number of amides is 2. The summed E-state index contributed by atoms with van der Waals surface area (Å²) in [6.45, 7) is 9.52. The van der Waals surface area contributed by atoms with Crippen LogP contribution in [0.25, 0.3) is 11.3 Å². The minimum atomic E-state index is -0.577. The summed E-state index contributed by atoms with van der Waals surface area (Å²) < 4.78 is 17.7. The Labute approximate surface area is 244 Å². The van der Waals surface area contributed by atoms with Crippen LogP contribution in [0.5, 0.6) is 5.75 Å². The molecule has 3 N–H and O–H groups in total. The van der Waals surface area contributed by atoms with Crippen LogP contribution in [0.1, 0.15) is 49.3 Å². The molecule has 0 bridgehead atoms. The molecule has 41 heavy (non-hydrogen) atoms. The highest BCUT2D eigenvalue weighted by Crippen LogP contribution is 2.41. The summed E-state index contributed by atoms with van der Waals surface area (Å²) in [6, 6.07) is 7.55. The monoisotopic (exact) mass is 581 g/mol. The molecule has 0 spiro atoms. The molecule has 4 heterocycles. The number of hydrogen-bond donors (Lipinski definition) is 3. The molecular weight excluding hydrogens is 546 g/mol. The van der Waals surface area contributed by atoms with Crippen molar-refractivity contribution in [1.82, 2.24) is 20.2 Å². The Bertz CT molecular complexity index is 1430. The van der Waals surface area contributed by atoms with Crippen LogP contribution in [0.3, 0.4) is 0 Å². The fraction of sp³-hybridized carbons (Fsp3) is 0.433. The first-order chi connectivity index (χ1) is 19.6. The van der Waals surface area contributed by atoms with Crippen LogP contribution < -0.4 is 15.4 Å². The summed E-state index contributed by atoms with van der Waals surface area (Å²) >= 11 is 6.50. The molecule has 1 atom stereocenters. The molecule has 0 saturated carbocycles. The molecular formula is C30H36ClN5O5. The summed E-state index contributed by atoms with van der Waals surface area (Å²) in [5.41, 5.74) is 4.73. The number of carbonyl (C=O) groups excluding carboxylic acids is 2. The third-order valence-corrected chi connectivity index (χ3v) is 7.32. The van der Waals surface area contributed by atoms with Crippen molar-refractivity contribution in [3.05, 3.63) is 58.5 Å². The lowest BCUT2D eigenvalue weighted by Crippen LogP contribution is -2.49. The standard InChI is InChI=1S/C30H36ClN5O5/c1-5-19-21(31)7-6-8-22(19)34-27-25-23(10-12-33-28(25)37)35-26(27)20-9-11-32-15-24(20)40-17-18-16-36(13-14-39-18)29(38)41-30(2,3)4/h6-9,11,15,18,34-35H,5,10,12-14,16-17H2,1-4H3,(H,33,37)/t18-/m0/s1. The molecule has 5 rings (SSSR count). The highest BCUT2D eigenvalue weighted by molar-refractivity contribution is 6.31. The van der Waals surface area contributed by atoms with E-state index in [2.05, 4.69) is 20.6 Å². The number of fused-ring (bicyclic) bond motifs is 1. The second kappa shape index (κ2) is 12.0. The van der Waals surface area contributed by atoms with E-state index >= 15 is 0 Å². The van der Waals surface area contributed by atoms with Gasteiger partial charge in [0.2, 0.25) is 0 Å². The molecule has 2 aromatic heterocycles. The van der Waals surface area contributed by atoms with Gasteiger partial charge in [-0.05, 0) is 51.0 Å². The van der Waals surface area contributed by atoms with E-state index in [4.69, 9.17) is 25.8 Å². The van der Waals surface area contributed by atoms with Crippen molar-refractivity contribution in [3.8, 4) is 17.0 Å². The lowest BCUT2D eigenvalue weighted by Gasteiger charge is -2.34. The SMILES string of the molecule is CCc1c(Cl)cccc1Nc1c(-c2ccncc2OC[C@@H]2CN(C(=O)OC(C)(C)C)CCO2)[nH]c2c1C(=O)NCC2. The Balaban J connectivity index is 1.42. The number of hydrogen-bond acceptors (Lipinski definition) is 7. The molecule has 2 amide bonds. The predicted octanol–water partition coefficient (Wildman–Crippen LogP) is 5.34. The molecule has 1 saturated heterocycles. The number of aromatic amines is 1. The van der Waals surface area contributed by atoms with Gasteiger partial charge in [-0.1, -0.05) is 24.6 Å². The van der Waals surface area contributed by atoms with Crippen LogP contribution in [-0.4, -0.2) is 71.4 Å². The average Bonchev–Trinajstić information content (AvgIpc) is 3.30. The molecule has 11 heteroatoms. The molecule has 10 nitrogen and oxygen atoms in total. The highest BCUT2D eigenvalue weighted by atomic mass is 35.5. The predicted molar refractivity (Wildman–Crippen MR) is 157 cm³/mol. The molecule has 2 aliphatic heterocycles. The maximum atomic E-state index is 13.1. The first kappa shape index (κ1) is 28.8. The van der Waals surface area contributed by atoms with E-state index in [9.17, 15) is 9.59 Å². The number of H-pyrrole nitrogens is 1. The van der Waals surface area contributed by atoms with E-state index in [1.165, 1.54) is 0 Å². The van der Waals surface area contributed by atoms with Gasteiger partial charge in [0.05, 0.1) is 36.3 Å². The number of nitrogens with one attached hydrogen (secondary N) is 3. The van der Waals surface area contributed by atoms with Gasteiger partial charge in [-0.3, -0.25) is 9.78 Å². The second-order valence-corrected chi connectivity index (χ2v) is 11.5. The fourth-order valence-corrected chi connectivity index (χ4v) is 5.38. The quantitative estimate of drug-likeness (QED) is 0.345. The van der Waals surface area contributed by atoms with Gasteiger partial charge in [0.1, 0.15) is 24.1 Å². The van der Waals surface area contributed by atoms with Crippen molar-refractivity contribution in [3.63, 3.8) is 0 Å². The van der Waals surface area contributed by atoms with Crippen LogP contribution in [0, 0.1) is 0 Å².